The van der Waals surface area contributed by atoms with E-state index in [1.165, 1.54) is 0 Å². The van der Waals surface area contributed by atoms with Crippen LogP contribution in [0.25, 0.3) is 0 Å². The minimum Gasteiger partial charge on any atom is -0.240 e. The number of nitrogens with one attached hydrogen (secondary N) is 1. The molecular weight excluding hydrogens is 160 g/mol. The Kier molecular flexibility index (Phi) is 3.08. The van der Waals surface area contributed by atoms with E-state index in [9.17, 15) is 4.21 Å². The topological polar surface area (TPSA) is 44.2 Å². The third kappa shape index (κ3) is 2.17. The summed E-state index contributed by atoms with van der Waals surface area (Å²) in [6.07, 6.45) is 0. The minimum atomic E-state index is -2.59. The van der Waals surface area contributed by atoms with Gasteiger partial charge in [-0.15, -0.1) is 0 Å². The Morgan fingerprint density at radius 3 is 1.91 bits per heavy atom. The number of nitrogens with zero attached hydrogens (tertiary/aromatic N) is 1. The maximum absolute atomic E-state index is 11.7. The van der Waals surface area contributed by atoms with Gasteiger partial charge in [0.1, 0.15) is 9.92 Å². The van der Waals surface area contributed by atoms with Crippen molar-refractivity contribution in [1.29, 1.82) is 4.78 Å². The second-order valence-electron chi connectivity index (χ2n) is 3.58. The molecular formula is C7H18N2OS. The third-order valence-electron chi connectivity index (χ3n) is 1.71. The molecule has 1 N–H and O–H groups in total. The van der Waals surface area contributed by atoms with Crippen LogP contribution in [-0.2, 0) is 9.92 Å². The fourth-order valence-corrected chi connectivity index (χ4v) is 1.95. The van der Waals surface area contributed by atoms with Crippen molar-refractivity contribution in [2.75, 3.05) is 13.6 Å². The summed E-state index contributed by atoms with van der Waals surface area (Å²) < 4.78 is 20.5. The molecule has 0 rings (SSSR count). The van der Waals surface area contributed by atoms with Crippen molar-refractivity contribution >= 4 is 9.92 Å². The predicted octanol–water partition coefficient (Wildman–Crippen LogP) is 1.70. The molecule has 0 saturated carbocycles. The van der Waals surface area contributed by atoms with E-state index in [2.05, 4.69) is 0 Å². The Bertz CT molecular complexity index is 213. The van der Waals surface area contributed by atoms with Crippen molar-refractivity contribution in [3.05, 3.63) is 0 Å². The molecule has 0 aliphatic rings. The monoisotopic (exact) mass is 178 g/mol. The standard InChI is InChI=1S/C7H18N2OS/c1-6-9(5)11(8,10)7(2,3)4/h8H,6H2,1-5H3. The van der Waals surface area contributed by atoms with Gasteiger partial charge in [0.2, 0.25) is 0 Å². The number of hydrogen-bond donors (Lipinski definition) is 1. The Balaban J connectivity index is 4.77. The van der Waals surface area contributed by atoms with Crippen LogP contribution in [0.4, 0.5) is 0 Å². The third-order valence-corrected chi connectivity index (χ3v) is 4.51. The van der Waals surface area contributed by atoms with Gasteiger partial charge in [-0.3, -0.25) is 0 Å². The largest absolute Gasteiger partial charge is 0.240 e. The average molecular weight is 178 g/mol. The zero-order chi connectivity index (χ0) is 9.28. The lowest BCUT2D eigenvalue weighted by atomic mass is 10.3. The van der Waals surface area contributed by atoms with Crippen molar-refractivity contribution < 1.29 is 4.21 Å². The summed E-state index contributed by atoms with van der Waals surface area (Å²) in [6, 6.07) is 0. The fourth-order valence-electron chi connectivity index (χ4n) is 0.649. The summed E-state index contributed by atoms with van der Waals surface area (Å²) in [7, 11) is -0.870. The molecule has 0 saturated heterocycles. The Morgan fingerprint density at radius 1 is 1.45 bits per heavy atom. The van der Waals surface area contributed by atoms with Gasteiger partial charge in [-0.25, -0.2) is 13.3 Å². The lowest BCUT2D eigenvalue weighted by molar-refractivity contribution is 0.509. The van der Waals surface area contributed by atoms with Crippen LogP contribution in [0.2, 0.25) is 0 Å². The molecule has 0 aromatic rings. The Hall–Kier alpha value is -0.0900. The zero-order valence-corrected chi connectivity index (χ0v) is 8.79. The molecule has 11 heavy (non-hydrogen) atoms. The van der Waals surface area contributed by atoms with Crippen molar-refractivity contribution in [1.82, 2.24) is 4.31 Å². The molecule has 1 unspecified atom stereocenters. The first kappa shape index (κ1) is 10.9. The summed E-state index contributed by atoms with van der Waals surface area (Å²) in [5, 5.41) is 0. The summed E-state index contributed by atoms with van der Waals surface area (Å²) in [5.74, 6) is 0. The van der Waals surface area contributed by atoms with Gasteiger partial charge >= 0.3 is 0 Å². The van der Waals surface area contributed by atoms with E-state index < -0.39 is 14.7 Å². The normalized spacial score (nSPS) is 18.4. The maximum atomic E-state index is 11.7. The van der Waals surface area contributed by atoms with Gasteiger partial charge in [-0.2, -0.15) is 0 Å². The molecule has 1 atom stereocenters. The molecule has 68 valence electrons. The summed E-state index contributed by atoms with van der Waals surface area (Å²) >= 11 is 0. The summed E-state index contributed by atoms with van der Waals surface area (Å²) in [6.45, 7) is 8.04. The van der Waals surface area contributed by atoms with E-state index in [0.717, 1.165) is 0 Å². The SMILES string of the molecule is CCN(C)S(=N)(=O)C(C)(C)C. The molecule has 0 aromatic carbocycles. The van der Waals surface area contributed by atoms with E-state index in [-0.39, 0.29) is 0 Å². The molecule has 4 heteroatoms. The Labute approximate surface area is 69.9 Å². The van der Waals surface area contributed by atoms with Crippen LogP contribution in [0.15, 0.2) is 0 Å². The van der Waals surface area contributed by atoms with Crippen LogP contribution < -0.4 is 0 Å². The highest BCUT2D eigenvalue weighted by atomic mass is 32.2. The van der Waals surface area contributed by atoms with Crippen molar-refractivity contribution in [3.63, 3.8) is 0 Å². The van der Waals surface area contributed by atoms with Crippen LogP contribution in [0, 0.1) is 4.78 Å². The van der Waals surface area contributed by atoms with E-state index in [1.54, 1.807) is 11.4 Å². The number of rotatable bonds is 2. The van der Waals surface area contributed by atoms with Crippen LogP contribution >= 0.6 is 0 Å². The van der Waals surface area contributed by atoms with E-state index in [0.29, 0.717) is 6.54 Å². The molecule has 0 radical (unpaired) electrons. The summed E-state index contributed by atoms with van der Waals surface area (Å²) in [5.41, 5.74) is 0. The van der Waals surface area contributed by atoms with Crippen LogP contribution in [0.1, 0.15) is 27.7 Å². The first-order valence-electron chi connectivity index (χ1n) is 3.73. The summed E-state index contributed by atoms with van der Waals surface area (Å²) in [4.78, 5) is 0. The maximum Gasteiger partial charge on any atom is 0.112 e. The molecule has 0 heterocycles. The van der Waals surface area contributed by atoms with Gasteiger partial charge < -0.3 is 0 Å². The van der Waals surface area contributed by atoms with Crippen LogP contribution in [0.3, 0.4) is 0 Å². The zero-order valence-electron chi connectivity index (χ0n) is 7.97. The molecule has 0 fully saturated rings. The minimum absolute atomic E-state index is 0.461. The Morgan fingerprint density at radius 2 is 1.82 bits per heavy atom. The lowest BCUT2D eigenvalue weighted by Gasteiger charge is -2.29. The van der Waals surface area contributed by atoms with E-state index in [1.807, 2.05) is 27.7 Å². The van der Waals surface area contributed by atoms with Crippen LogP contribution in [0.5, 0.6) is 0 Å². The second-order valence-corrected chi connectivity index (χ2v) is 6.48. The molecule has 0 aliphatic carbocycles. The quantitative estimate of drug-likeness (QED) is 0.687. The fraction of sp³-hybridized carbons (Fsp3) is 1.00. The molecule has 0 aliphatic heterocycles. The van der Waals surface area contributed by atoms with Crippen molar-refractivity contribution in [3.8, 4) is 0 Å². The van der Waals surface area contributed by atoms with Gasteiger partial charge in [0, 0.05) is 13.6 Å². The second kappa shape index (κ2) is 3.11. The van der Waals surface area contributed by atoms with Gasteiger partial charge in [-0.1, -0.05) is 6.92 Å². The highest BCUT2D eigenvalue weighted by molar-refractivity contribution is 7.91. The first-order valence-corrected chi connectivity index (χ1v) is 5.24. The van der Waals surface area contributed by atoms with Gasteiger partial charge in [-0.05, 0) is 20.8 Å². The molecule has 0 bridgehead atoms. The van der Waals surface area contributed by atoms with Crippen molar-refractivity contribution in [2.24, 2.45) is 0 Å². The average Bonchev–Trinajstić information content (AvgIpc) is 1.83. The molecule has 0 amide bonds. The molecule has 3 nitrogen and oxygen atoms in total. The van der Waals surface area contributed by atoms with E-state index in [4.69, 9.17) is 4.78 Å². The van der Waals surface area contributed by atoms with Gasteiger partial charge in [0.15, 0.2) is 0 Å². The van der Waals surface area contributed by atoms with Gasteiger partial charge in [0.25, 0.3) is 0 Å². The van der Waals surface area contributed by atoms with Crippen LogP contribution in [-0.4, -0.2) is 26.9 Å². The lowest BCUT2D eigenvalue weighted by Crippen LogP contribution is -2.39. The van der Waals surface area contributed by atoms with Crippen molar-refractivity contribution in [2.45, 2.75) is 32.4 Å². The highest BCUT2D eigenvalue weighted by Gasteiger charge is 2.27. The smallest absolute Gasteiger partial charge is 0.112 e. The van der Waals surface area contributed by atoms with Gasteiger partial charge in [0.05, 0.1) is 4.75 Å². The first-order chi connectivity index (χ1) is 4.73. The predicted molar refractivity (Wildman–Crippen MR) is 48.9 cm³/mol. The number of hydrogen-bond acceptors (Lipinski definition) is 2. The van der Waals surface area contributed by atoms with E-state index >= 15 is 0 Å². The molecule has 0 aromatic heterocycles. The molecule has 0 spiro atoms. The highest BCUT2D eigenvalue weighted by Crippen LogP contribution is 2.18.